The van der Waals surface area contributed by atoms with E-state index in [2.05, 4.69) is 9.98 Å². The number of aromatic nitrogens is 1. The van der Waals surface area contributed by atoms with E-state index in [1.165, 1.54) is 19.4 Å². The van der Waals surface area contributed by atoms with Gasteiger partial charge in [-0.05, 0) is 42.5 Å². The van der Waals surface area contributed by atoms with Crippen molar-refractivity contribution in [3.63, 3.8) is 0 Å². The summed E-state index contributed by atoms with van der Waals surface area (Å²) in [5.74, 6) is 0.217. The van der Waals surface area contributed by atoms with E-state index >= 15 is 0 Å². The van der Waals surface area contributed by atoms with Crippen molar-refractivity contribution in [3.05, 3.63) is 75.3 Å². The minimum Gasteiger partial charge on any atom is -0.504 e. The third-order valence-electron chi connectivity index (χ3n) is 4.34. The van der Waals surface area contributed by atoms with E-state index in [1.807, 2.05) is 0 Å². The summed E-state index contributed by atoms with van der Waals surface area (Å²) in [7, 11) is 1.32. The highest BCUT2D eigenvalue weighted by Gasteiger charge is 2.15. The Labute approximate surface area is 175 Å². The fraction of sp³-hybridized carbons (Fsp3) is 0.0476. The second-order valence-electron chi connectivity index (χ2n) is 6.28. The minimum absolute atomic E-state index is 0.00272. The van der Waals surface area contributed by atoms with Crippen molar-refractivity contribution < 1.29 is 19.2 Å². The molecule has 0 radical (unpaired) electrons. The molecule has 1 N–H and O–H groups in total. The number of non-ortho nitro benzene ring substituents is 1. The number of fused-ring (bicyclic) bond motifs is 1. The molecule has 1 heterocycles. The lowest BCUT2D eigenvalue weighted by atomic mass is 10.1. The molecule has 0 aliphatic carbocycles. The standard InChI is InChI=1S/C21H14ClN3O5/c1-29-19-10-16(25(27)28)8-13(20(19)26)11-23-15-5-2-12(3-6-15)21-24-17-9-14(22)4-7-18(17)30-21/h2-11,26H,1H3. The summed E-state index contributed by atoms with van der Waals surface area (Å²) in [6, 6.07) is 14.6. The summed E-state index contributed by atoms with van der Waals surface area (Å²) in [4.78, 5) is 19.2. The number of aliphatic imine (C=N–C) groups is 1. The van der Waals surface area contributed by atoms with E-state index in [0.29, 0.717) is 27.7 Å². The van der Waals surface area contributed by atoms with Gasteiger partial charge >= 0.3 is 0 Å². The molecule has 0 aliphatic rings. The first kappa shape index (κ1) is 19.4. The molecule has 8 nitrogen and oxygen atoms in total. The molecule has 0 aliphatic heterocycles. The second-order valence-corrected chi connectivity index (χ2v) is 6.72. The summed E-state index contributed by atoms with van der Waals surface area (Å²) < 4.78 is 10.7. The number of nitro groups is 1. The summed E-state index contributed by atoms with van der Waals surface area (Å²) in [6.45, 7) is 0. The minimum atomic E-state index is -0.568. The van der Waals surface area contributed by atoms with Crippen LogP contribution in [-0.2, 0) is 0 Å². The number of phenolic OH excluding ortho intramolecular Hbond substituents is 1. The fourth-order valence-electron chi connectivity index (χ4n) is 2.83. The van der Waals surface area contributed by atoms with Crippen LogP contribution in [0.15, 0.2) is 64.0 Å². The van der Waals surface area contributed by atoms with Crippen molar-refractivity contribution in [2.45, 2.75) is 0 Å². The van der Waals surface area contributed by atoms with Gasteiger partial charge in [0.05, 0.1) is 23.8 Å². The van der Waals surface area contributed by atoms with Gasteiger partial charge in [0.1, 0.15) is 5.52 Å². The summed E-state index contributed by atoms with van der Waals surface area (Å²) in [6.07, 6.45) is 1.33. The summed E-state index contributed by atoms with van der Waals surface area (Å²) in [5, 5.41) is 21.8. The number of methoxy groups -OCH3 is 1. The maximum Gasteiger partial charge on any atom is 0.274 e. The summed E-state index contributed by atoms with van der Waals surface area (Å²) in [5.41, 5.74) is 2.57. The monoisotopic (exact) mass is 423 g/mol. The first-order valence-corrected chi connectivity index (χ1v) is 9.08. The lowest BCUT2D eigenvalue weighted by molar-refractivity contribution is -0.385. The zero-order chi connectivity index (χ0) is 21.3. The molecule has 0 bridgehead atoms. The molecule has 0 fully saturated rings. The van der Waals surface area contributed by atoms with Gasteiger partial charge in [0.2, 0.25) is 5.89 Å². The van der Waals surface area contributed by atoms with Gasteiger partial charge < -0.3 is 14.3 Å². The molecule has 0 unspecified atom stereocenters. The number of ether oxygens (including phenoxy) is 1. The van der Waals surface area contributed by atoms with Crippen LogP contribution in [0.4, 0.5) is 11.4 Å². The molecule has 150 valence electrons. The van der Waals surface area contributed by atoms with Crippen molar-refractivity contribution >= 4 is 40.3 Å². The Kier molecular flexibility index (Phi) is 5.07. The number of rotatable bonds is 5. The van der Waals surface area contributed by atoms with Crippen LogP contribution in [-0.4, -0.2) is 28.3 Å². The zero-order valence-electron chi connectivity index (χ0n) is 15.6. The lowest BCUT2D eigenvalue weighted by Gasteiger charge is -2.06. The normalized spacial score (nSPS) is 11.3. The van der Waals surface area contributed by atoms with Crippen LogP contribution >= 0.6 is 11.6 Å². The lowest BCUT2D eigenvalue weighted by Crippen LogP contribution is -1.94. The number of phenols is 1. The molecule has 3 aromatic carbocycles. The highest BCUT2D eigenvalue weighted by molar-refractivity contribution is 6.31. The number of oxazole rings is 1. The zero-order valence-corrected chi connectivity index (χ0v) is 16.3. The van der Waals surface area contributed by atoms with E-state index in [9.17, 15) is 15.2 Å². The van der Waals surface area contributed by atoms with Gasteiger partial charge in [-0.25, -0.2) is 4.98 Å². The molecule has 30 heavy (non-hydrogen) atoms. The maximum atomic E-state index is 11.1. The molecule has 0 saturated carbocycles. The third kappa shape index (κ3) is 3.81. The number of nitrogens with zero attached hydrogens (tertiary/aromatic N) is 3. The Morgan fingerprint density at radius 3 is 2.67 bits per heavy atom. The predicted molar refractivity (Wildman–Crippen MR) is 113 cm³/mol. The molecule has 0 saturated heterocycles. The molecule has 0 spiro atoms. The fourth-order valence-corrected chi connectivity index (χ4v) is 3.00. The smallest absolute Gasteiger partial charge is 0.274 e. The van der Waals surface area contributed by atoms with Crippen LogP contribution in [0, 0.1) is 10.1 Å². The van der Waals surface area contributed by atoms with Crippen molar-refractivity contribution in [2.75, 3.05) is 7.11 Å². The van der Waals surface area contributed by atoms with E-state index in [4.69, 9.17) is 20.8 Å². The average Bonchev–Trinajstić information content (AvgIpc) is 3.16. The van der Waals surface area contributed by atoms with Gasteiger partial charge in [0.25, 0.3) is 5.69 Å². The molecule has 1 aromatic heterocycles. The predicted octanol–water partition coefficient (Wildman–Crippen LogP) is 5.52. The molecular weight excluding hydrogens is 410 g/mol. The van der Waals surface area contributed by atoms with Crippen molar-refractivity contribution in [1.29, 1.82) is 0 Å². The van der Waals surface area contributed by atoms with Crippen LogP contribution in [0.5, 0.6) is 11.5 Å². The Balaban J connectivity index is 1.61. The Morgan fingerprint density at radius 1 is 1.20 bits per heavy atom. The number of hydrogen-bond acceptors (Lipinski definition) is 7. The van der Waals surface area contributed by atoms with E-state index in [1.54, 1.807) is 42.5 Å². The van der Waals surface area contributed by atoms with Gasteiger partial charge in [0.15, 0.2) is 17.1 Å². The Hall–Kier alpha value is -3.91. The van der Waals surface area contributed by atoms with Crippen LogP contribution in [0.2, 0.25) is 5.02 Å². The van der Waals surface area contributed by atoms with E-state index < -0.39 is 4.92 Å². The first-order valence-electron chi connectivity index (χ1n) is 8.70. The largest absolute Gasteiger partial charge is 0.504 e. The number of hydrogen-bond donors (Lipinski definition) is 1. The average molecular weight is 424 g/mol. The molecule has 4 aromatic rings. The van der Waals surface area contributed by atoms with E-state index in [0.717, 1.165) is 11.6 Å². The highest BCUT2D eigenvalue weighted by atomic mass is 35.5. The SMILES string of the molecule is COc1cc([N+](=O)[O-])cc(C=Nc2ccc(-c3nc4cc(Cl)ccc4o3)cc2)c1O. The summed E-state index contributed by atoms with van der Waals surface area (Å²) >= 11 is 5.98. The number of nitro benzene ring substituents is 1. The number of halogens is 1. The van der Waals surface area contributed by atoms with Gasteiger partial charge in [-0.3, -0.25) is 15.1 Å². The third-order valence-corrected chi connectivity index (χ3v) is 4.57. The Morgan fingerprint density at radius 2 is 1.97 bits per heavy atom. The highest BCUT2D eigenvalue weighted by Crippen LogP contribution is 2.34. The van der Waals surface area contributed by atoms with Crippen molar-refractivity contribution in [1.82, 2.24) is 4.98 Å². The molecule has 9 heteroatoms. The quantitative estimate of drug-likeness (QED) is 0.257. The van der Waals surface area contributed by atoms with Gasteiger partial charge in [-0.1, -0.05) is 11.6 Å². The van der Waals surface area contributed by atoms with Gasteiger partial charge in [-0.2, -0.15) is 0 Å². The van der Waals surface area contributed by atoms with Crippen LogP contribution < -0.4 is 4.74 Å². The van der Waals surface area contributed by atoms with E-state index in [-0.39, 0.29) is 22.7 Å². The number of benzene rings is 3. The van der Waals surface area contributed by atoms with Gasteiger partial charge in [-0.15, -0.1) is 0 Å². The van der Waals surface area contributed by atoms with Crippen molar-refractivity contribution in [3.8, 4) is 23.0 Å². The molecule has 4 rings (SSSR count). The van der Waals surface area contributed by atoms with Crippen LogP contribution in [0.1, 0.15) is 5.56 Å². The van der Waals surface area contributed by atoms with Gasteiger partial charge in [0, 0.05) is 28.4 Å². The first-order chi connectivity index (χ1) is 14.4. The number of aromatic hydroxyl groups is 1. The maximum absolute atomic E-state index is 11.1. The van der Waals surface area contributed by atoms with Crippen molar-refractivity contribution in [2.24, 2.45) is 4.99 Å². The molecular formula is C21H14ClN3O5. The molecule has 0 atom stereocenters. The topological polar surface area (TPSA) is 111 Å². The van der Waals surface area contributed by atoms with Crippen LogP contribution in [0.3, 0.4) is 0 Å². The van der Waals surface area contributed by atoms with Crippen LogP contribution in [0.25, 0.3) is 22.6 Å². The second kappa shape index (κ2) is 7.84. The Bertz CT molecular complexity index is 1280. The molecule has 0 amide bonds.